The first-order chi connectivity index (χ1) is 7.78. The summed E-state index contributed by atoms with van der Waals surface area (Å²) in [6.07, 6.45) is 3.24. The highest BCUT2D eigenvalue weighted by molar-refractivity contribution is 7.91. The molecule has 6 nitrogen and oxygen atoms in total. The van der Waals surface area contributed by atoms with E-state index < -0.39 is 27.5 Å². The molecule has 1 aliphatic rings. The van der Waals surface area contributed by atoms with Crippen LogP contribution >= 0.6 is 0 Å². The highest BCUT2D eigenvalue weighted by atomic mass is 32.2. The van der Waals surface area contributed by atoms with Gasteiger partial charge in [-0.2, -0.15) is 0 Å². The van der Waals surface area contributed by atoms with Crippen LogP contribution in [0.25, 0.3) is 0 Å². The monoisotopic (exact) mass is 263 g/mol. The Morgan fingerprint density at radius 2 is 1.76 bits per heavy atom. The minimum absolute atomic E-state index is 0.0974. The fraction of sp³-hybridized carbons (Fsp3) is 0.800. The first-order valence-electron chi connectivity index (χ1n) is 5.48. The number of carbonyl (C=O) groups excluding carboxylic acids is 1. The highest BCUT2D eigenvalue weighted by Crippen LogP contribution is 2.24. The molecule has 1 saturated carbocycles. The zero-order valence-electron chi connectivity index (χ0n) is 9.68. The Morgan fingerprint density at radius 3 is 2.18 bits per heavy atom. The van der Waals surface area contributed by atoms with Crippen LogP contribution in [0.5, 0.6) is 0 Å². The van der Waals surface area contributed by atoms with E-state index in [4.69, 9.17) is 5.11 Å². The van der Waals surface area contributed by atoms with Crippen molar-refractivity contribution in [1.82, 2.24) is 5.32 Å². The van der Waals surface area contributed by atoms with Gasteiger partial charge >= 0.3 is 5.97 Å². The van der Waals surface area contributed by atoms with Crippen LogP contribution in [0.2, 0.25) is 0 Å². The smallest absolute Gasteiger partial charge is 0.306 e. The molecule has 1 fully saturated rings. The summed E-state index contributed by atoms with van der Waals surface area (Å²) >= 11 is 0. The maximum Gasteiger partial charge on any atom is 0.306 e. The minimum Gasteiger partial charge on any atom is -0.481 e. The summed E-state index contributed by atoms with van der Waals surface area (Å²) in [6.45, 7) is 0. The molecule has 0 unspecified atom stereocenters. The van der Waals surface area contributed by atoms with Crippen molar-refractivity contribution >= 4 is 21.7 Å². The van der Waals surface area contributed by atoms with Gasteiger partial charge < -0.3 is 10.4 Å². The number of hydrogen-bond acceptors (Lipinski definition) is 4. The fourth-order valence-electron chi connectivity index (χ4n) is 1.99. The number of amides is 1. The van der Waals surface area contributed by atoms with E-state index in [0.29, 0.717) is 25.7 Å². The molecule has 0 aromatic heterocycles. The molecule has 98 valence electrons. The molecule has 0 aromatic rings. The molecule has 1 rings (SSSR count). The number of hydrogen-bond donors (Lipinski definition) is 2. The summed E-state index contributed by atoms with van der Waals surface area (Å²) in [5.41, 5.74) is 0. The van der Waals surface area contributed by atoms with Crippen LogP contribution < -0.4 is 5.32 Å². The minimum atomic E-state index is -3.30. The third-order valence-corrected chi connectivity index (χ3v) is 3.62. The lowest BCUT2D eigenvalue weighted by Crippen LogP contribution is -2.41. The molecule has 0 saturated heterocycles. The number of carbonyl (C=O) groups is 2. The van der Waals surface area contributed by atoms with Gasteiger partial charge in [0.15, 0.2) is 9.84 Å². The Labute approximate surface area is 100 Å². The van der Waals surface area contributed by atoms with Gasteiger partial charge in [0.05, 0.1) is 5.92 Å². The second-order valence-corrected chi connectivity index (χ2v) is 6.66. The fourth-order valence-corrected chi connectivity index (χ4v) is 2.55. The third kappa shape index (κ3) is 5.16. The van der Waals surface area contributed by atoms with E-state index in [2.05, 4.69) is 5.32 Å². The lowest BCUT2D eigenvalue weighted by atomic mass is 9.86. The predicted octanol–water partition coefficient (Wildman–Crippen LogP) is -0.209. The Morgan fingerprint density at radius 1 is 1.24 bits per heavy atom. The van der Waals surface area contributed by atoms with E-state index in [9.17, 15) is 18.0 Å². The van der Waals surface area contributed by atoms with Crippen LogP contribution in [0.4, 0.5) is 0 Å². The van der Waals surface area contributed by atoms with Crippen molar-refractivity contribution < 1.29 is 23.1 Å². The van der Waals surface area contributed by atoms with Crippen LogP contribution in [0.1, 0.15) is 25.7 Å². The van der Waals surface area contributed by atoms with E-state index in [-0.39, 0.29) is 12.0 Å². The molecular formula is C10H17NO5S. The molecule has 0 radical (unpaired) electrons. The Bertz CT molecular complexity index is 395. The average Bonchev–Trinajstić information content (AvgIpc) is 2.15. The molecule has 0 atom stereocenters. The van der Waals surface area contributed by atoms with Crippen LogP contribution in [0.15, 0.2) is 0 Å². The number of carboxylic acid groups (broad SMARTS) is 1. The molecule has 0 aromatic carbocycles. The second kappa shape index (κ2) is 5.48. The van der Waals surface area contributed by atoms with Gasteiger partial charge in [0.2, 0.25) is 5.91 Å². The van der Waals surface area contributed by atoms with Crippen molar-refractivity contribution in [2.75, 3.05) is 12.0 Å². The van der Waals surface area contributed by atoms with E-state index in [1.807, 2.05) is 0 Å². The van der Waals surface area contributed by atoms with Crippen molar-refractivity contribution in [3.05, 3.63) is 0 Å². The van der Waals surface area contributed by atoms with Gasteiger partial charge in [0.25, 0.3) is 0 Å². The molecular weight excluding hydrogens is 246 g/mol. The van der Waals surface area contributed by atoms with Gasteiger partial charge in [0, 0.05) is 12.3 Å². The van der Waals surface area contributed by atoms with Gasteiger partial charge in [-0.3, -0.25) is 9.59 Å². The normalized spacial score (nSPS) is 25.2. The lowest BCUT2D eigenvalue weighted by Gasteiger charge is -2.26. The zero-order chi connectivity index (χ0) is 13.1. The Kier molecular flexibility index (Phi) is 4.50. The predicted molar refractivity (Wildman–Crippen MR) is 61.2 cm³/mol. The van der Waals surface area contributed by atoms with Crippen LogP contribution in [0, 0.1) is 5.92 Å². The largest absolute Gasteiger partial charge is 0.481 e. The quantitative estimate of drug-likeness (QED) is 0.731. The lowest BCUT2D eigenvalue weighted by molar-refractivity contribution is -0.142. The summed E-state index contributed by atoms with van der Waals surface area (Å²) in [4.78, 5) is 22.0. The Balaban J connectivity index is 2.36. The van der Waals surface area contributed by atoms with Gasteiger partial charge in [0.1, 0.15) is 5.75 Å². The van der Waals surface area contributed by atoms with Gasteiger partial charge in [-0.15, -0.1) is 0 Å². The van der Waals surface area contributed by atoms with Crippen molar-refractivity contribution in [1.29, 1.82) is 0 Å². The molecule has 0 heterocycles. The van der Waals surface area contributed by atoms with E-state index in [0.717, 1.165) is 6.26 Å². The van der Waals surface area contributed by atoms with E-state index in [1.165, 1.54) is 0 Å². The third-order valence-electron chi connectivity index (χ3n) is 2.83. The summed E-state index contributed by atoms with van der Waals surface area (Å²) in [5.74, 6) is -2.15. The van der Waals surface area contributed by atoms with Crippen LogP contribution in [0.3, 0.4) is 0 Å². The van der Waals surface area contributed by atoms with Gasteiger partial charge in [-0.05, 0) is 25.7 Å². The number of aliphatic carboxylic acids is 1. The summed E-state index contributed by atoms with van der Waals surface area (Å²) in [7, 11) is -3.30. The SMILES string of the molecule is CS(=O)(=O)CC(=O)NC1CCC(C(=O)O)CC1. The zero-order valence-corrected chi connectivity index (χ0v) is 10.5. The van der Waals surface area contributed by atoms with Crippen molar-refractivity contribution in [2.45, 2.75) is 31.7 Å². The first kappa shape index (κ1) is 14.0. The summed E-state index contributed by atoms with van der Waals surface area (Å²) in [6, 6.07) is -0.0974. The summed E-state index contributed by atoms with van der Waals surface area (Å²) < 4.78 is 21.8. The van der Waals surface area contributed by atoms with Gasteiger partial charge in [-0.25, -0.2) is 8.42 Å². The molecule has 1 amide bonds. The number of rotatable bonds is 4. The number of sulfone groups is 1. The van der Waals surface area contributed by atoms with Gasteiger partial charge in [-0.1, -0.05) is 0 Å². The Hall–Kier alpha value is -1.11. The first-order valence-corrected chi connectivity index (χ1v) is 7.54. The molecule has 0 bridgehead atoms. The van der Waals surface area contributed by atoms with E-state index in [1.54, 1.807) is 0 Å². The van der Waals surface area contributed by atoms with Crippen molar-refractivity contribution in [2.24, 2.45) is 5.92 Å². The van der Waals surface area contributed by atoms with Crippen molar-refractivity contribution in [3.8, 4) is 0 Å². The number of carboxylic acids is 1. The molecule has 1 aliphatic carbocycles. The molecule has 17 heavy (non-hydrogen) atoms. The molecule has 7 heteroatoms. The second-order valence-electron chi connectivity index (χ2n) is 4.52. The van der Waals surface area contributed by atoms with Crippen LogP contribution in [-0.2, 0) is 19.4 Å². The van der Waals surface area contributed by atoms with E-state index >= 15 is 0 Å². The molecule has 0 aliphatic heterocycles. The van der Waals surface area contributed by atoms with Crippen molar-refractivity contribution in [3.63, 3.8) is 0 Å². The maximum atomic E-state index is 11.3. The highest BCUT2D eigenvalue weighted by Gasteiger charge is 2.27. The number of nitrogens with one attached hydrogen (secondary N) is 1. The maximum absolute atomic E-state index is 11.3. The standard InChI is InChI=1S/C10H17NO5S/c1-17(15,16)6-9(12)11-8-4-2-7(3-5-8)10(13)14/h7-8H,2-6H2,1H3,(H,11,12)(H,13,14). The molecule has 0 spiro atoms. The van der Waals surface area contributed by atoms with Crippen LogP contribution in [-0.4, -0.2) is 43.5 Å². The summed E-state index contributed by atoms with van der Waals surface area (Å²) in [5, 5.41) is 11.4. The molecule has 2 N–H and O–H groups in total. The topological polar surface area (TPSA) is 101 Å². The average molecular weight is 263 g/mol.